The van der Waals surface area contributed by atoms with Crippen molar-refractivity contribution in [2.24, 2.45) is 0 Å². The summed E-state index contributed by atoms with van der Waals surface area (Å²) in [7, 11) is 1.65. The van der Waals surface area contributed by atoms with Crippen molar-refractivity contribution >= 4 is 11.6 Å². The molecule has 138 valence electrons. The first-order valence-corrected chi connectivity index (χ1v) is 8.80. The van der Waals surface area contributed by atoms with E-state index in [1.165, 1.54) is 0 Å². The Labute approximate surface area is 159 Å². The summed E-state index contributed by atoms with van der Waals surface area (Å²) in [4.78, 5) is 16.6. The van der Waals surface area contributed by atoms with Crippen LogP contribution < -0.4 is 15.4 Å². The molecule has 0 saturated carbocycles. The number of hydrogen-bond donors (Lipinski definition) is 2. The van der Waals surface area contributed by atoms with Crippen LogP contribution in [0.1, 0.15) is 27.0 Å². The minimum absolute atomic E-state index is 0.140. The van der Waals surface area contributed by atoms with Gasteiger partial charge in [-0.2, -0.15) is 0 Å². The van der Waals surface area contributed by atoms with E-state index < -0.39 is 0 Å². The molecule has 0 aliphatic rings. The maximum Gasteiger partial charge on any atom is 0.253 e. The lowest BCUT2D eigenvalue weighted by atomic mass is 10.1. The minimum Gasteiger partial charge on any atom is -0.497 e. The van der Waals surface area contributed by atoms with Crippen LogP contribution in [0.5, 0.6) is 5.75 Å². The van der Waals surface area contributed by atoms with Crippen molar-refractivity contribution < 1.29 is 9.53 Å². The molecule has 0 radical (unpaired) electrons. The first kappa shape index (κ1) is 18.5. The number of carbonyl (C=O) groups is 1. The van der Waals surface area contributed by atoms with E-state index in [4.69, 9.17) is 4.74 Å². The average molecular weight is 361 g/mol. The van der Waals surface area contributed by atoms with Crippen LogP contribution in [0, 0.1) is 6.92 Å². The molecular formula is C22H23N3O2. The van der Waals surface area contributed by atoms with Gasteiger partial charge in [0.05, 0.1) is 18.4 Å². The molecule has 5 nitrogen and oxygen atoms in total. The Hall–Kier alpha value is -3.34. The smallest absolute Gasteiger partial charge is 0.253 e. The van der Waals surface area contributed by atoms with Crippen LogP contribution in [0.3, 0.4) is 0 Å². The van der Waals surface area contributed by atoms with Gasteiger partial charge >= 0.3 is 0 Å². The van der Waals surface area contributed by atoms with Crippen LogP contribution in [-0.2, 0) is 13.1 Å². The van der Waals surface area contributed by atoms with Gasteiger partial charge in [0.2, 0.25) is 0 Å². The quantitative estimate of drug-likeness (QED) is 0.669. The summed E-state index contributed by atoms with van der Waals surface area (Å²) < 4.78 is 5.16. The van der Waals surface area contributed by atoms with Gasteiger partial charge in [0.25, 0.3) is 5.91 Å². The van der Waals surface area contributed by atoms with Crippen molar-refractivity contribution in [1.29, 1.82) is 0 Å². The van der Waals surface area contributed by atoms with Crippen molar-refractivity contribution in [3.05, 3.63) is 89.2 Å². The number of pyridine rings is 1. The first-order valence-electron chi connectivity index (χ1n) is 8.80. The second-order valence-electron chi connectivity index (χ2n) is 6.27. The lowest BCUT2D eigenvalue weighted by Crippen LogP contribution is -2.23. The fraction of sp³-hybridized carbons (Fsp3) is 0.182. The van der Waals surface area contributed by atoms with Crippen LogP contribution in [0.15, 0.2) is 67.0 Å². The van der Waals surface area contributed by atoms with Crippen LogP contribution in [0.4, 0.5) is 5.69 Å². The number of rotatable bonds is 7. The van der Waals surface area contributed by atoms with Crippen molar-refractivity contribution in [2.45, 2.75) is 20.0 Å². The van der Waals surface area contributed by atoms with Gasteiger partial charge in [-0.15, -0.1) is 0 Å². The average Bonchev–Trinajstić information content (AvgIpc) is 2.72. The minimum atomic E-state index is -0.140. The van der Waals surface area contributed by atoms with E-state index in [0.717, 1.165) is 28.1 Å². The summed E-state index contributed by atoms with van der Waals surface area (Å²) in [6.07, 6.45) is 3.29. The normalized spacial score (nSPS) is 10.3. The molecule has 0 spiro atoms. The van der Waals surface area contributed by atoms with Gasteiger partial charge in [0.15, 0.2) is 0 Å². The number of carbonyl (C=O) groups excluding carboxylic acids is 1. The van der Waals surface area contributed by atoms with E-state index in [1.807, 2.05) is 61.5 Å². The zero-order chi connectivity index (χ0) is 19.1. The maximum atomic E-state index is 12.4. The van der Waals surface area contributed by atoms with Gasteiger partial charge in [-0.3, -0.25) is 9.78 Å². The summed E-state index contributed by atoms with van der Waals surface area (Å²) in [6.45, 7) is 3.17. The molecule has 0 fully saturated rings. The highest BCUT2D eigenvalue weighted by Crippen LogP contribution is 2.14. The number of methoxy groups -OCH3 is 1. The van der Waals surface area contributed by atoms with Crippen molar-refractivity contribution in [3.63, 3.8) is 0 Å². The molecule has 2 N–H and O–H groups in total. The molecule has 1 amide bonds. The standard InChI is InChI=1S/C22H23N3O2/c1-16-5-3-4-6-18(16)14-25-22(26)19-11-20(15-23-13-19)24-12-17-7-9-21(27-2)10-8-17/h3-11,13,15,24H,12,14H2,1-2H3,(H,25,26). The summed E-state index contributed by atoms with van der Waals surface area (Å²) in [5.74, 6) is 0.687. The Morgan fingerprint density at radius 3 is 2.56 bits per heavy atom. The number of aryl methyl sites for hydroxylation is 1. The van der Waals surface area contributed by atoms with E-state index in [1.54, 1.807) is 19.5 Å². The molecule has 5 heteroatoms. The maximum absolute atomic E-state index is 12.4. The van der Waals surface area contributed by atoms with Crippen LogP contribution in [0.25, 0.3) is 0 Å². The van der Waals surface area contributed by atoms with Crippen LogP contribution >= 0.6 is 0 Å². The zero-order valence-electron chi connectivity index (χ0n) is 15.5. The number of amides is 1. The SMILES string of the molecule is COc1ccc(CNc2cncc(C(=O)NCc3ccccc3C)c2)cc1. The Morgan fingerprint density at radius 1 is 1.04 bits per heavy atom. The molecule has 27 heavy (non-hydrogen) atoms. The van der Waals surface area contributed by atoms with Gasteiger partial charge in [-0.05, 0) is 41.8 Å². The van der Waals surface area contributed by atoms with E-state index >= 15 is 0 Å². The Kier molecular flexibility index (Phi) is 6.05. The van der Waals surface area contributed by atoms with Gasteiger partial charge in [-0.1, -0.05) is 36.4 Å². The summed E-state index contributed by atoms with van der Waals surface area (Å²) in [5, 5.41) is 6.24. The molecule has 3 aromatic rings. The van der Waals surface area contributed by atoms with E-state index in [2.05, 4.69) is 15.6 Å². The number of hydrogen-bond acceptors (Lipinski definition) is 4. The van der Waals surface area contributed by atoms with Gasteiger partial charge in [0.1, 0.15) is 5.75 Å². The molecule has 0 saturated heterocycles. The highest BCUT2D eigenvalue weighted by molar-refractivity contribution is 5.94. The third-order valence-corrected chi connectivity index (χ3v) is 4.36. The number of anilines is 1. The topological polar surface area (TPSA) is 63.2 Å². The second kappa shape index (κ2) is 8.85. The van der Waals surface area contributed by atoms with Gasteiger partial charge in [0, 0.05) is 25.5 Å². The number of nitrogens with one attached hydrogen (secondary N) is 2. The number of benzene rings is 2. The van der Waals surface area contributed by atoms with Crippen molar-refractivity contribution in [3.8, 4) is 5.75 Å². The third-order valence-electron chi connectivity index (χ3n) is 4.36. The molecule has 0 aliphatic carbocycles. The number of nitrogens with zero attached hydrogens (tertiary/aromatic N) is 1. The molecule has 0 atom stereocenters. The highest BCUT2D eigenvalue weighted by atomic mass is 16.5. The fourth-order valence-electron chi connectivity index (χ4n) is 2.69. The molecule has 2 aromatic carbocycles. The third kappa shape index (κ3) is 5.07. The molecular weight excluding hydrogens is 338 g/mol. The molecule has 1 aromatic heterocycles. The second-order valence-corrected chi connectivity index (χ2v) is 6.27. The summed E-state index contributed by atoms with van der Waals surface area (Å²) >= 11 is 0. The van der Waals surface area contributed by atoms with Gasteiger partial charge in [-0.25, -0.2) is 0 Å². The lowest BCUT2D eigenvalue weighted by molar-refractivity contribution is 0.0950. The first-order chi connectivity index (χ1) is 13.2. The molecule has 0 unspecified atom stereocenters. The summed E-state index contributed by atoms with van der Waals surface area (Å²) in [5.41, 5.74) is 4.71. The Bertz CT molecular complexity index is 907. The predicted molar refractivity (Wildman–Crippen MR) is 107 cm³/mol. The molecule has 0 bridgehead atoms. The summed E-state index contributed by atoms with van der Waals surface area (Å²) in [6, 6.07) is 17.7. The molecule has 1 heterocycles. The van der Waals surface area contributed by atoms with Gasteiger partial charge < -0.3 is 15.4 Å². The fourth-order valence-corrected chi connectivity index (χ4v) is 2.69. The molecule has 0 aliphatic heterocycles. The zero-order valence-corrected chi connectivity index (χ0v) is 15.5. The van der Waals surface area contributed by atoms with Crippen molar-refractivity contribution in [2.75, 3.05) is 12.4 Å². The Morgan fingerprint density at radius 2 is 1.81 bits per heavy atom. The largest absolute Gasteiger partial charge is 0.497 e. The van der Waals surface area contributed by atoms with Crippen LogP contribution in [0.2, 0.25) is 0 Å². The van der Waals surface area contributed by atoms with Crippen LogP contribution in [-0.4, -0.2) is 18.0 Å². The number of ether oxygens (including phenoxy) is 1. The Balaban J connectivity index is 1.58. The van der Waals surface area contributed by atoms with E-state index in [0.29, 0.717) is 18.7 Å². The molecule has 3 rings (SSSR count). The predicted octanol–water partition coefficient (Wildman–Crippen LogP) is 3.94. The van der Waals surface area contributed by atoms with E-state index in [-0.39, 0.29) is 5.91 Å². The number of aromatic nitrogens is 1. The van der Waals surface area contributed by atoms with Crippen molar-refractivity contribution in [1.82, 2.24) is 10.3 Å². The lowest BCUT2D eigenvalue weighted by Gasteiger charge is -2.10. The highest BCUT2D eigenvalue weighted by Gasteiger charge is 2.08. The monoisotopic (exact) mass is 361 g/mol. The van der Waals surface area contributed by atoms with E-state index in [9.17, 15) is 4.79 Å².